The quantitative estimate of drug-likeness (QED) is 0.802. The number of piperidine rings is 1. The van der Waals surface area contributed by atoms with Gasteiger partial charge in [-0.3, -0.25) is 9.69 Å². The number of halogens is 1. The SMILES string of the molecule is CC(C)N(CCNC(=O)C1CCN(c2ccc(Cl)nn2)CC1)C(C)C. The molecule has 1 saturated heterocycles. The molecule has 1 aromatic rings. The number of rotatable bonds is 7. The summed E-state index contributed by atoms with van der Waals surface area (Å²) in [6.07, 6.45) is 1.68. The first-order valence-electron chi connectivity index (χ1n) is 9.16. The molecule has 1 aliphatic heterocycles. The van der Waals surface area contributed by atoms with E-state index in [9.17, 15) is 4.79 Å². The van der Waals surface area contributed by atoms with E-state index < -0.39 is 0 Å². The zero-order valence-electron chi connectivity index (χ0n) is 15.7. The van der Waals surface area contributed by atoms with Gasteiger partial charge in [-0.05, 0) is 52.7 Å². The molecule has 2 rings (SSSR count). The molecule has 1 aliphatic rings. The largest absolute Gasteiger partial charge is 0.355 e. The summed E-state index contributed by atoms with van der Waals surface area (Å²) in [6, 6.07) is 4.60. The Morgan fingerprint density at radius 2 is 1.88 bits per heavy atom. The molecular formula is C18H30ClN5O. The normalized spacial score (nSPS) is 16.1. The van der Waals surface area contributed by atoms with E-state index in [1.54, 1.807) is 6.07 Å². The molecule has 25 heavy (non-hydrogen) atoms. The Hall–Kier alpha value is -1.40. The molecule has 0 aromatic carbocycles. The van der Waals surface area contributed by atoms with Crippen LogP contribution in [-0.2, 0) is 4.79 Å². The summed E-state index contributed by atoms with van der Waals surface area (Å²) in [7, 11) is 0. The van der Waals surface area contributed by atoms with E-state index in [0.29, 0.717) is 23.8 Å². The van der Waals surface area contributed by atoms with Crippen LogP contribution in [0.3, 0.4) is 0 Å². The summed E-state index contributed by atoms with van der Waals surface area (Å²) in [5.74, 6) is 1.09. The first-order chi connectivity index (χ1) is 11.9. The third kappa shape index (κ3) is 5.82. The van der Waals surface area contributed by atoms with Gasteiger partial charge in [0.25, 0.3) is 0 Å². The van der Waals surface area contributed by atoms with Crippen molar-refractivity contribution in [3.63, 3.8) is 0 Å². The highest BCUT2D eigenvalue weighted by atomic mass is 35.5. The molecule has 140 valence electrons. The van der Waals surface area contributed by atoms with Gasteiger partial charge in [-0.2, -0.15) is 0 Å². The van der Waals surface area contributed by atoms with Gasteiger partial charge in [0.1, 0.15) is 0 Å². The minimum atomic E-state index is 0.0862. The van der Waals surface area contributed by atoms with Crippen LogP contribution in [0.4, 0.5) is 5.82 Å². The third-order valence-corrected chi connectivity index (χ3v) is 5.01. The molecule has 1 aromatic heterocycles. The highest BCUT2D eigenvalue weighted by Crippen LogP contribution is 2.22. The predicted molar refractivity (Wildman–Crippen MR) is 102 cm³/mol. The van der Waals surface area contributed by atoms with Crippen molar-refractivity contribution in [3.05, 3.63) is 17.3 Å². The van der Waals surface area contributed by atoms with Crippen molar-refractivity contribution in [2.45, 2.75) is 52.6 Å². The van der Waals surface area contributed by atoms with E-state index in [1.165, 1.54) is 0 Å². The Kier molecular flexibility index (Phi) is 7.44. The van der Waals surface area contributed by atoms with Crippen LogP contribution in [0.2, 0.25) is 5.15 Å². The molecule has 0 unspecified atom stereocenters. The van der Waals surface area contributed by atoms with Gasteiger partial charge in [0.15, 0.2) is 11.0 Å². The lowest BCUT2D eigenvalue weighted by Crippen LogP contribution is -2.45. The number of carbonyl (C=O) groups excluding carboxylic acids is 1. The number of hydrogen-bond acceptors (Lipinski definition) is 5. The monoisotopic (exact) mass is 367 g/mol. The highest BCUT2D eigenvalue weighted by Gasteiger charge is 2.25. The number of carbonyl (C=O) groups is 1. The second kappa shape index (κ2) is 9.34. The molecule has 0 atom stereocenters. The van der Waals surface area contributed by atoms with E-state index in [0.717, 1.165) is 38.3 Å². The molecule has 1 fully saturated rings. The van der Waals surface area contributed by atoms with E-state index in [1.807, 2.05) is 6.07 Å². The number of hydrogen-bond donors (Lipinski definition) is 1. The zero-order valence-corrected chi connectivity index (χ0v) is 16.5. The van der Waals surface area contributed by atoms with Crippen molar-refractivity contribution in [2.24, 2.45) is 5.92 Å². The van der Waals surface area contributed by atoms with Crippen molar-refractivity contribution in [3.8, 4) is 0 Å². The first kappa shape index (κ1) is 19.9. The zero-order chi connectivity index (χ0) is 18.4. The Balaban J connectivity index is 1.74. The number of nitrogens with zero attached hydrogens (tertiary/aromatic N) is 4. The van der Waals surface area contributed by atoms with Gasteiger partial charge in [-0.1, -0.05) is 11.6 Å². The number of anilines is 1. The maximum Gasteiger partial charge on any atom is 0.223 e. The summed E-state index contributed by atoms with van der Waals surface area (Å²) in [5, 5.41) is 11.5. The average molecular weight is 368 g/mol. The van der Waals surface area contributed by atoms with Crippen molar-refractivity contribution < 1.29 is 4.79 Å². The second-order valence-electron chi connectivity index (χ2n) is 7.19. The molecule has 1 amide bonds. The van der Waals surface area contributed by atoms with Crippen molar-refractivity contribution in [1.29, 1.82) is 0 Å². The van der Waals surface area contributed by atoms with Gasteiger partial charge in [0.05, 0.1) is 0 Å². The van der Waals surface area contributed by atoms with Crippen LogP contribution in [0.1, 0.15) is 40.5 Å². The predicted octanol–water partition coefficient (Wildman–Crippen LogP) is 2.58. The van der Waals surface area contributed by atoms with Gasteiger partial charge >= 0.3 is 0 Å². The molecule has 2 heterocycles. The van der Waals surface area contributed by atoms with Gasteiger partial charge in [-0.15, -0.1) is 10.2 Å². The van der Waals surface area contributed by atoms with Crippen LogP contribution >= 0.6 is 11.6 Å². The topological polar surface area (TPSA) is 61.4 Å². The highest BCUT2D eigenvalue weighted by molar-refractivity contribution is 6.29. The Bertz CT molecular complexity index is 533. The van der Waals surface area contributed by atoms with Crippen LogP contribution < -0.4 is 10.2 Å². The number of nitrogens with one attached hydrogen (secondary N) is 1. The Labute approximate surface area is 155 Å². The fourth-order valence-corrected chi connectivity index (χ4v) is 3.51. The van der Waals surface area contributed by atoms with Gasteiger partial charge in [0, 0.05) is 44.2 Å². The minimum Gasteiger partial charge on any atom is -0.355 e. The lowest BCUT2D eigenvalue weighted by molar-refractivity contribution is -0.125. The minimum absolute atomic E-state index is 0.0862. The van der Waals surface area contributed by atoms with Crippen molar-refractivity contribution in [1.82, 2.24) is 20.4 Å². The van der Waals surface area contributed by atoms with Gasteiger partial charge in [-0.25, -0.2) is 0 Å². The fourth-order valence-electron chi connectivity index (χ4n) is 3.41. The third-order valence-electron chi connectivity index (χ3n) is 4.80. The molecule has 1 N–H and O–H groups in total. The molecule has 0 radical (unpaired) electrons. The summed E-state index contributed by atoms with van der Waals surface area (Å²) >= 11 is 5.78. The van der Waals surface area contributed by atoms with E-state index >= 15 is 0 Å². The molecule has 0 bridgehead atoms. The van der Waals surface area contributed by atoms with Crippen LogP contribution in [0.15, 0.2) is 12.1 Å². The van der Waals surface area contributed by atoms with Gasteiger partial charge < -0.3 is 10.2 Å². The molecule has 0 aliphatic carbocycles. The summed E-state index contributed by atoms with van der Waals surface area (Å²) in [4.78, 5) is 17.0. The fraction of sp³-hybridized carbons (Fsp3) is 0.722. The summed E-state index contributed by atoms with van der Waals surface area (Å²) in [6.45, 7) is 12.0. The van der Waals surface area contributed by atoms with Crippen LogP contribution in [0.5, 0.6) is 0 Å². The molecule has 0 saturated carbocycles. The van der Waals surface area contributed by atoms with Crippen LogP contribution in [-0.4, -0.2) is 59.3 Å². The maximum absolute atomic E-state index is 12.4. The standard InChI is InChI=1S/C18H30ClN5O/c1-13(2)24(14(3)4)12-9-20-18(25)15-7-10-23(11-8-15)17-6-5-16(19)21-22-17/h5-6,13-15H,7-12H2,1-4H3,(H,20,25). The van der Waals surface area contributed by atoms with E-state index in [2.05, 4.69) is 53.0 Å². The number of amides is 1. The molecule has 6 nitrogen and oxygen atoms in total. The summed E-state index contributed by atoms with van der Waals surface area (Å²) in [5.41, 5.74) is 0. The van der Waals surface area contributed by atoms with Gasteiger partial charge in [0.2, 0.25) is 5.91 Å². The Morgan fingerprint density at radius 3 is 2.40 bits per heavy atom. The van der Waals surface area contributed by atoms with E-state index in [4.69, 9.17) is 11.6 Å². The van der Waals surface area contributed by atoms with Crippen LogP contribution in [0.25, 0.3) is 0 Å². The molecule has 7 heteroatoms. The van der Waals surface area contributed by atoms with Crippen molar-refractivity contribution in [2.75, 3.05) is 31.1 Å². The maximum atomic E-state index is 12.4. The molecule has 0 spiro atoms. The van der Waals surface area contributed by atoms with E-state index in [-0.39, 0.29) is 11.8 Å². The summed E-state index contributed by atoms with van der Waals surface area (Å²) < 4.78 is 0. The van der Waals surface area contributed by atoms with Crippen LogP contribution in [0, 0.1) is 5.92 Å². The lowest BCUT2D eigenvalue weighted by atomic mass is 9.96. The Morgan fingerprint density at radius 1 is 1.24 bits per heavy atom. The first-order valence-corrected chi connectivity index (χ1v) is 9.54. The lowest BCUT2D eigenvalue weighted by Gasteiger charge is -2.33. The average Bonchev–Trinajstić information content (AvgIpc) is 2.58. The second-order valence-corrected chi connectivity index (χ2v) is 7.58. The van der Waals surface area contributed by atoms with Crippen molar-refractivity contribution >= 4 is 23.3 Å². The smallest absolute Gasteiger partial charge is 0.223 e. The molecular weight excluding hydrogens is 338 g/mol. The number of aromatic nitrogens is 2.